The van der Waals surface area contributed by atoms with Crippen molar-refractivity contribution in [3.05, 3.63) is 64.2 Å². The maximum atomic E-state index is 13.1. The van der Waals surface area contributed by atoms with E-state index in [4.69, 9.17) is 16.3 Å². The van der Waals surface area contributed by atoms with E-state index in [0.29, 0.717) is 55.5 Å². The largest absolute Gasteiger partial charge is 0.379 e. The summed E-state index contributed by atoms with van der Waals surface area (Å²) in [6.45, 7) is 5.90. The maximum absolute atomic E-state index is 13.1. The Bertz CT molecular complexity index is 988. The quantitative estimate of drug-likeness (QED) is 0.696. The van der Waals surface area contributed by atoms with E-state index in [2.05, 4.69) is 0 Å². The van der Waals surface area contributed by atoms with Crippen LogP contribution < -0.4 is 0 Å². The van der Waals surface area contributed by atoms with Crippen molar-refractivity contribution >= 4 is 27.5 Å². The number of amides is 1. The van der Waals surface area contributed by atoms with Crippen LogP contribution in [0.2, 0.25) is 5.02 Å². The number of aryl methyl sites for hydroxylation is 1. The Morgan fingerprint density at radius 3 is 2.55 bits per heavy atom. The maximum Gasteiger partial charge on any atom is 0.254 e. The summed E-state index contributed by atoms with van der Waals surface area (Å²) in [7, 11) is -3.68. The molecule has 1 heterocycles. The molecule has 0 saturated carbocycles. The van der Waals surface area contributed by atoms with Crippen molar-refractivity contribution in [2.24, 2.45) is 0 Å². The first kappa shape index (κ1) is 21.8. The van der Waals surface area contributed by atoms with E-state index in [1.165, 1.54) is 10.4 Å². The highest BCUT2D eigenvalue weighted by atomic mass is 35.5. The third-order valence-corrected chi connectivity index (χ3v) is 7.23. The number of carbonyl (C=O) groups excluding carboxylic acids is 1. The van der Waals surface area contributed by atoms with E-state index in [0.717, 1.165) is 5.56 Å². The minimum Gasteiger partial charge on any atom is -0.379 e. The van der Waals surface area contributed by atoms with E-state index >= 15 is 0 Å². The highest BCUT2D eigenvalue weighted by molar-refractivity contribution is 7.89. The van der Waals surface area contributed by atoms with Gasteiger partial charge in [0.25, 0.3) is 5.91 Å². The summed E-state index contributed by atoms with van der Waals surface area (Å²) in [4.78, 5) is 14.9. The summed E-state index contributed by atoms with van der Waals surface area (Å²) in [6.07, 6.45) is 0. The third-order valence-electron chi connectivity index (χ3n) is 4.95. The summed E-state index contributed by atoms with van der Waals surface area (Å²) in [5.74, 6) is -0.217. The molecule has 156 valence electrons. The van der Waals surface area contributed by atoms with Crippen LogP contribution in [0.25, 0.3) is 0 Å². The Kier molecular flexibility index (Phi) is 6.95. The third kappa shape index (κ3) is 4.98. The second kappa shape index (κ2) is 9.26. The second-order valence-corrected chi connectivity index (χ2v) is 9.29. The molecule has 1 aliphatic rings. The topological polar surface area (TPSA) is 66.9 Å². The minimum absolute atomic E-state index is 0.170. The average molecular weight is 437 g/mol. The van der Waals surface area contributed by atoms with Crippen molar-refractivity contribution in [3.8, 4) is 0 Å². The molecule has 1 aliphatic heterocycles. The van der Waals surface area contributed by atoms with Gasteiger partial charge >= 0.3 is 0 Å². The van der Waals surface area contributed by atoms with E-state index in [-0.39, 0.29) is 10.8 Å². The lowest BCUT2D eigenvalue weighted by atomic mass is 10.1. The number of morpholine rings is 1. The molecule has 0 aliphatic carbocycles. The average Bonchev–Trinajstić information content (AvgIpc) is 2.72. The molecular weight excluding hydrogens is 412 g/mol. The van der Waals surface area contributed by atoms with Crippen LogP contribution in [0.1, 0.15) is 28.4 Å². The van der Waals surface area contributed by atoms with Crippen LogP contribution in [0.15, 0.2) is 47.4 Å². The first-order chi connectivity index (χ1) is 13.8. The summed E-state index contributed by atoms with van der Waals surface area (Å²) in [5, 5.41) is 0.611. The molecule has 0 bridgehead atoms. The van der Waals surface area contributed by atoms with Gasteiger partial charge in [0.15, 0.2) is 0 Å². The SMILES string of the molecule is CCN(Cc1cccc(Cl)c1)C(=O)c1ccc(C)c(S(=O)(=O)N2CCOCC2)c1. The Morgan fingerprint density at radius 1 is 1.17 bits per heavy atom. The normalized spacial score (nSPS) is 15.3. The van der Waals surface area contributed by atoms with Gasteiger partial charge in [-0.1, -0.05) is 29.8 Å². The lowest BCUT2D eigenvalue weighted by molar-refractivity contribution is 0.0729. The van der Waals surface area contributed by atoms with Crippen LogP contribution in [0, 0.1) is 6.92 Å². The zero-order valence-corrected chi connectivity index (χ0v) is 18.2. The van der Waals surface area contributed by atoms with Crippen LogP contribution in [0.5, 0.6) is 0 Å². The van der Waals surface area contributed by atoms with E-state index in [9.17, 15) is 13.2 Å². The number of benzene rings is 2. The van der Waals surface area contributed by atoms with Crippen molar-refractivity contribution < 1.29 is 17.9 Å². The highest BCUT2D eigenvalue weighted by Gasteiger charge is 2.29. The van der Waals surface area contributed by atoms with Crippen molar-refractivity contribution in [1.29, 1.82) is 0 Å². The first-order valence-corrected chi connectivity index (χ1v) is 11.4. The molecule has 0 radical (unpaired) electrons. The van der Waals surface area contributed by atoms with Gasteiger partial charge in [-0.15, -0.1) is 0 Å². The van der Waals surface area contributed by atoms with Gasteiger partial charge < -0.3 is 9.64 Å². The minimum atomic E-state index is -3.68. The number of hydrogen-bond acceptors (Lipinski definition) is 4. The zero-order chi connectivity index (χ0) is 21.0. The molecule has 0 aromatic heterocycles. The molecule has 0 spiro atoms. The van der Waals surface area contributed by atoms with Crippen LogP contribution in [-0.2, 0) is 21.3 Å². The van der Waals surface area contributed by atoms with Gasteiger partial charge in [0.2, 0.25) is 10.0 Å². The summed E-state index contributed by atoms with van der Waals surface area (Å²) >= 11 is 6.05. The Hall–Kier alpha value is -1.93. The van der Waals surface area contributed by atoms with Crippen molar-refractivity contribution in [2.75, 3.05) is 32.8 Å². The van der Waals surface area contributed by atoms with Gasteiger partial charge in [-0.2, -0.15) is 4.31 Å². The molecule has 2 aromatic rings. The van der Waals surface area contributed by atoms with Crippen molar-refractivity contribution in [1.82, 2.24) is 9.21 Å². The molecule has 2 aromatic carbocycles. The number of halogens is 1. The van der Waals surface area contributed by atoms with Gasteiger partial charge in [0.1, 0.15) is 0 Å². The summed E-state index contributed by atoms with van der Waals surface area (Å²) in [6, 6.07) is 12.2. The number of rotatable bonds is 6. The molecule has 3 rings (SSSR count). The second-order valence-electron chi connectivity index (χ2n) is 6.95. The van der Waals surface area contributed by atoms with Gasteiger partial charge in [-0.25, -0.2) is 8.42 Å². The van der Waals surface area contributed by atoms with Crippen molar-refractivity contribution in [2.45, 2.75) is 25.3 Å². The summed E-state index contributed by atoms with van der Waals surface area (Å²) in [5.41, 5.74) is 1.89. The Balaban J connectivity index is 1.88. The number of sulfonamides is 1. The predicted molar refractivity (Wildman–Crippen MR) is 113 cm³/mol. The number of hydrogen-bond donors (Lipinski definition) is 0. The molecule has 1 amide bonds. The van der Waals surface area contributed by atoms with Crippen LogP contribution in [-0.4, -0.2) is 56.4 Å². The van der Waals surface area contributed by atoms with Gasteiger partial charge in [0, 0.05) is 36.8 Å². The van der Waals surface area contributed by atoms with Gasteiger partial charge in [-0.3, -0.25) is 4.79 Å². The number of ether oxygens (including phenoxy) is 1. The molecule has 6 nitrogen and oxygen atoms in total. The Morgan fingerprint density at radius 2 is 1.90 bits per heavy atom. The predicted octanol–water partition coefficient (Wildman–Crippen LogP) is 3.33. The van der Waals surface area contributed by atoms with E-state index in [1.54, 1.807) is 30.0 Å². The number of carbonyl (C=O) groups is 1. The molecule has 1 saturated heterocycles. The van der Waals surface area contributed by atoms with Crippen LogP contribution in [0.4, 0.5) is 0 Å². The standard InChI is InChI=1S/C21H25ClN2O4S/c1-3-23(15-17-5-4-6-19(22)13-17)21(25)18-8-7-16(2)20(14-18)29(26,27)24-9-11-28-12-10-24/h4-8,13-14H,3,9-12,15H2,1-2H3. The highest BCUT2D eigenvalue weighted by Crippen LogP contribution is 2.23. The lowest BCUT2D eigenvalue weighted by Crippen LogP contribution is -2.41. The molecule has 0 N–H and O–H groups in total. The fraction of sp³-hybridized carbons (Fsp3) is 0.381. The molecular formula is C21H25ClN2O4S. The van der Waals surface area contributed by atoms with Gasteiger partial charge in [0.05, 0.1) is 18.1 Å². The smallest absolute Gasteiger partial charge is 0.254 e. The lowest BCUT2D eigenvalue weighted by Gasteiger charge is -2.27. The van der Waals surface area contributed by atoms with Crippen molar-refractivity contribution in [3.63, 3.8) is 0 Å². The van der Waals surface area contributed by atoms with E-state index in [1.807, 2.05) is 25.1 Å². The van der Waals surface area contributed by atoms with E-state index < -0.39 is 10.0 Å². The summed E-state index contributed by atoms with van der Waals surface area (Å²) < 4.78 is 32.8. The van der Waals surface area contributed by atoms with Gasteiger partial charge in [-0.05, 0) is 49.2 Å². The monoisotopic (exact) mass is 436 g/mol. The zero-order valence-electron chi connectivity index (χ0n) is 16.6. The fourth-order valence-corrected chi connectivity index (χ4v) is 5.17. The van der Waals surface area contributed by atoms with Crippen LogP contribution >= 0.6 is 11.6 Å². The van der Waals surface area contributed by atoms with Crippen LogP contribution in [0.3, 0.4) is 0 Å². The first-order valence-electron chi connectivity index (χ1n) is 9.55. The fourth-order valence-electron chi connectivity index (χ4n) is 3.30. The number of nitrogens with zero attached hydrogens (tertiary/aromatic N) is 2. The Labute approximate surface area is 177 Å². The molecule has 0 atom stereocenters. The molecule has 1 fully saturated rings. The molecule has 0 unspecified atom stereocenters. The molecule has 8 heteroatoms. The molecule has 29 heavy (non-hydrogen) atoms.